The Kier molecular flexibility index (Phi) is 67.2. The standard InChI is InChI=1S/C76H134O6/c1-4-7-10-13-16-19-22-25-28-31-33-35-37-38-40-41-43-45-48-51-54-57-60-63-66-69-75(78)81-72-73(71-80-74(77)68-65-62-59-56-53-50-47-30-27-24-21-18-15-12-9-6-3)82-76(79)70-67-64-61-58-55-52-49-46-44-42-39-36-34-32-29-26-23-20-17-14-11-8-5-2/h7,10,16,19,25,28,30,32-35,38,40,47,73H,4-6,8-9,11-15,17-18,20-24,26-27,29,31,36-37,39,41-46,48-72H2,1-3H3/b10-7-,19-16-,28-25-,34-32-,35-33-,40-38-,47-30-. The molecule has 0 bridgehead atoms. The molecule has 474 valence electrons. The van der Waals surface area contributed by atoms with Gasteiger partial charge in [0.1, 0.15) is 13.2 Å². The van der Waals surface area contributed by atoms with Crippen LogP contribution in [-0.2, 0) is 28.6 Å². The van der Waals surface area contributed by atoms with Crippen molar-refractivity contribution in [2.24, 2.45) is 0 Å². The van der Waals surface area contributed by atoms with E-state index in [0.29, 0.717) is 19.3 Å². The summed E-state index contributed by atoms with van der Waals surface area (Å²) in [6.07, 6.45) is 93.2. The molecule has 0 amide bonds. The largest absolute Gasteiger partial charge is 0.462 e. The second-order valence-electron chi connectivity index (χ2n) is 23.8. The fraction of sp³-hybridized carbons (Fsp3) is 0.776. The highest BCUT2D eigenvalue weighted by Crippen LogP contribution is 2.17. The zero-order chi connectivity index (χ0) is 59.2. The van der Waals surface area contributed by atoms with Gasteiger partial charge in [0.15, 0.2) is 6.10 Å². The van der Waals surface area contributed by atoms with Crippen LogP contribution in [0.5, 0.6) is 0 Å². The molecule has 0 spiro atoms. The molecule has 0 aliphatic rings. The second kappa shape index (κ2) is 70.1. The summed E-state index contributed by atoms with van der Waals surface area (Å²) in [5.41, 5.74) is 0. The quantitative estimate of drug-likeness (QED) is 0.0261. The van der Waals surface area contributed by atoms with Crippen LogP contribution < -0.4 is 0 Å². The minimum absolute atomic E-state index is 0.0805. The Balaban J connectivity index is 4.35. The van der Waals surface area contributed by atoms with Crippen LogP contribution in [0.25, 0.3) is 0 Å². The van der Waals surface area contributed by atoms with E-state index in [9.17, 15) is 14.4 Å². The van der Waals surface area contributed by atoms with Crippen molar-refractivity contribution in [2.75, 3.05) is 13.2 Å². The molecule has 0 aliphatic heterocycles. The average Bonchev–Trinajstić information content (AvgIpc) is 3.47. The monoisotopic (exact) mass is 1140 g/mol. The van der Waals surface area contributed by atoms with Crippen LogP contribution in [0.4, 0.5) is 0 Å². The predicted molar refractivity (Wildman–Crippen MR) is 358 cm³/mol. The summed E-state index contributed by atoms with van der Waals surface area (Å²) >= 11 is 0. The predicted octanol–water partition coefficient (Wildman–Crippen LogP) is 24.6. The molecule has 6 heteroatoms. The lowest BCUT2D eigenvalue weighted by molar-refractivity contribution is -0.167. The zero-order valence-electron chi connectivity index (χ0n) is 54.5. The molecule has 0 aromatic rings. The molecule has 0 fully saturated rings. The Bertz CT molecular complexity index is 1550. The van der Waals surface area contributed by atoms with E-state index in [2.05, 4.69) is 106 Å². The number of hydrogen-bond acceptors (Lipinski definition) is 6. The molecule has 0 aromatic heterocycles. The van der Waals surface area contributed by atoms with Gasteiger partial charge in [-0.05, 0) is 116 Å². The molecule has 82 heavy (non-hydrogen) atoms. The van der Waals surface area contributed by atoms with Crippen LogP contribution in [0.3, 0.4) is 0 Å². The average molecular weight is 1140 g/mol. The summed E-state index contributed by atoms with van der Waals surface area (Å²) in [6.45, 7) is 6.56. The van der Waals surface area contributed by atoms with E-state index >= 15 is 0 Å². The first-order chi connectivity index (χ1) is 40.5. The van der Waals surface area contributed by atoms with Crippen LogP contribution in [0.15, 0.2) is 85.1 Å². The van der Waals surface area contributed by atoms with Gasteiger partial charge in [0.05, 0.1) is 0 Å². The molecule has 0 aromatic carbocycles. The summed E-state index contributed by atoms with van der Waals surface area (Å²) in [7, 11) is 0. The van der Waals surface area contributed by atoms with Gasteiger partial charge in [-0.15, -0.1) is 0 Å². The maximum Gasteiger partial charge on any atom is 0.306 e. The Hall–Kier alpha value is -3.41. The molecule has 0 rings (SSSR count). The van der Waals surface area contributed by atoms with Gasteiger partial charge in [-0.1, -0.05) is 311 Å². The third kappa shape index (κ3) is 67.4. The normalized spacial score (nSPS) is 12.6. The number of unbranched alkanes of at least 4 members (excludes halogenated alkanes) is 40. The first-order valence-electron chi connectivity index (χ1n) is 35.6. The number of rotatable bonds is 65. The number of hydrogen-bond donors (Lipinski definition) is 0. The van der Waals surface area contributed by atoms with E-state index in [-0.39, 0.29) is 31.1 Å². The lowest BCUT2D eigenvalue weighted by atomic mass is 10.0. The van der Waals surface area contributed by atoms with Gasteiger partial charge in [-0.2, -0.15) is 0 Å². The Labute approximate surface area is 509 Å². The van der Waals surface area contributed by atoms with E-state index in [1.165, 1.54) is 218 Å². The molecule has 0 saturated heterocycles. The minimum Gasteiger partial charge on any atom is -0.462 e. The number of carbonyl (C=O) groups excluding carboxylic acids is 3. The molecular formula is C76H134O6. The van der Waals surface area contributed by atoms with Crippen molar-refractivity contribution in [1.82, 2.24) is 0 Å². The molecular weight excluding hydrogens is 1010 g/mol. The van der Waals surface area contributed by atoms with Gasteiger partial charge < -0.3 is 14.2 Å². The fourth-order valence-electron chi connectivity index (χ4n) is 10.3. The second-order valence-corrected chi connectivity index (χ2v) is 23.8. The van der Waals surface area contributed by atoms with E-state index in [0.717, 1.165) is 103 Å². The summed E-state index contributed by atoms with van der Waals surface area (Å²) in [4.78, 5) is 38.5. The fourth-order valence-corrected chi connectivity index (χ4v) is 10.3. The molecule has 1 atom stereocenters. The molecule has 0 aliphatic carbocycles. The molecule has 0 heterocycles. The van der Waals surface area contributed by atoms with Crippen LogP contribution in [0.1, 0.15) is 361 Å². The van der Waals surface area contributed by atoms with Gasteiger partial charge in [0.2, 0.25) is 0 Å². The van der Waals surface area contributed by atoms with E-state index in [1.807, 2.05) is 0 Å². The summed E-state index contributed by atoms with van der Waals surface area (Å²) in [6, 6.07) is 0. The SMILES string of the molecule is CC/C=C\C/C=C\C/C=C\C/C=C\C/C=C\CCCCCCCCCCCC(=O)OCC(COC(=O)CCCCCCC/C=C\CCCCCCCCC)OC(=O)CCCCCCCCCCCCC/C=C\CCCCCCCCCC. The van der Waals surface area contributed by atoms with Crippen molar-refractivity contribution in [3.63, 3.8) is 0 Å². The topological polar surface area (TPSA) is 78.9 Å². The van der Waals surface area contributed by atoms with Crippen molar-refractivity contribution in [2.45, 2.75) is 367 Å². The molecule has 1 unspecified atom stereocenters. The third-order valence-corrected chi connectivity index (χ3v) is 15.6. The highest BCUT2D eigenvalue weighted by molar-refractivity contribution is 5.71. The molecule has 0 saturated carbocycles. The van der Waals surface area contributed by atoms with Gasteiger partial charge in [-0.3, -0.25) is 14.4 Å². The van der Waals surface area contributed by atoms with Crippen LogP contribution >= 0.6 is 0 Å². The summed E-state index contributed by atoms with van der Waals surface area (Å²) in [5.74, 6) is -0.876. The number of carbonyl (C=O) groups is 3. The highest BCUT2D eigenvalue weighted by atomic mass is 16.6. The van der Waals surface area contributed by atoms with E-state index in [1.54, 1.807) is 0 Å². The summed E-state index contributed by atoms with van der Waals surface area (Å²) < 4.78 is 17.0. The Morgan fingerprint density at radius 2 is 0.476 bits per heavy atom. The van der Waals surface area contributed by atoms with E-state index in [4.69, 9.17) is 14.2 Å². The van der Waals surface area contributed by atoms with Crippen molar-refractivity contribution < 1.29 is 28.6 Å². The van der Waals surface area contributed by atoms with Gasteiger partial charge in [0, 0.05) is 19.3 Å². The van der Waals surface area contributed by atoms with E-state index < -0.39 is 6.10 Å². The van der Waals surface area contributed by atoms with Crippen molar-refractivity contribution >= 4 is 17.9 Å². The van der Waals surface area contributed by atoms with Gasteiger partial charge in [0.25, 0.3) is 0 Å². The van der Waals surface area contributed by atoms with Gasteiger partial charge in [-0.25, -0.2) is 0 Å². The molecule has 6 nitrogen and oxygen atoms in total. The Morgan fingerprint density at radius 1 is 0.256 bits per heavy atom. The zero-order valence-corrected chi connectivity index (χ0v) is 54.5. The lowest BCUT2D eigenvalue weighted by Crippen LogP contribution is -2.30. The maximum atomic E-state index is 13.0. The lowest BCUT2D eigenvalue weighted by Gasteiger charge is -2.18. The van der Waals surface area contributed by atoms with Crippen LogP contribution in [-0.4, -0.2) is 37.2 Å². The first-order valence-corrected chi connectivity index (χ1v) is 35.6. The number of esters is 3. The minimum atomic E-state index is -0.785. The van der Waals surface area contributed by atoms with Crippen molar-refractivity contribution in [3.05, 3.63) is 85.1 Å². The Morgan fingerprint density at radius 3 is 0.756 bits per heavy atom. The summed E-state index contributed by atoms with van der Waals surface area (Å²) in [5, 5.41) is 0. The first kappa shape index (κ1) is 78.6. The number of ether oxygens (including phenoxy) is 3. The van der Waals surface area contributed by atoms with Crippen LogP contribution in [0, 0.1) is 0 Å². The van der Waals surface area contributed by atoms with Crippen molar-refractivity contribution in [1.29, 1.82) is 0 Å². The maximum absolute atomic E-state index is 13.0. The van der Waals surface area contributed by atoms with Crippen molar-refractivity contribution in [3.8, 4) is 0 Å². The third-order valence-electron chi connectivity index (χ3n) is 15.6. The van der Waals surface area contributed by atoms with Crippen LogP contribution in [0.2, 0.25) is 0 Å². The smallest absolute Gasteiger partial charge is 0.306 e. The van der Waals surface area contributed by atoms with Gasteiger partial charge >= 0.3 is 17.9 Å². The molecule has 0 radical (unpaired) electrons. The number of allylic oxidation sites excluding steroid dienone is 14. The molecule has 0 N–H and O–H groups in total. The highest BCUT2D eigenvalue weighted by Gasteiger charge is 2.19.